The van der Waals surface area contributed by atoms with Gasteiger partial charge in [-0.15, -0.1) is 11.3 Å². The van der Waals surface area contributed by atoms with Gasteiger partial charge in [0.2, 0.25) is 5.91 Å². The molecular formula is C24H28ClN5OS. The summed E-state index contributed by atoms with van der Waals surface area (Å²) in [5.41, 5.74) is 1.17. The minimum absolute atomic E-state index is 0.0279. The molecule has 2 aliphatic heterocycles. The van der Waals surface area contributed by atoms with E-state index in [1.165, 1.54) is 10.6 Å². The predicted molar refractivity (Wildman–Crippen MR) is 132 cm³/mol. The normalized spacial score (nSPS) is 19.6. The number of aryl methyl sites for hydroxylation is 1. The first-order valence-electron chi connectivity index (χ1n) is 11.4. The zero-order valence-electron chi connectivity index (χ0n) is 18.3. The molecule has 1 aromatic carbocycles. The largest absolute Gasteiger partial charge is 0.368 e. The maximum atomic E-state index is 13.4. The van der Waals surface area contributed by atoms with Crippen LogP contribution in [0.2, 0.25) is 5.02 Å². The van der Waals surface area contributed by atoms with Gasteiger partial charge in [-0.3, -0.25) is 4.79 Å². The van der Waals surface area contributed by atoms with Crippen molar-refractivity contribution in [2.24, 2.45) is 5.92 Å². The Hall–Kier alpha value is -2.38. The van der Waals surface area contributed by atoms with Gasteiger partial charge in [0.1, 0.15) is 17.0 Å². The number of piperidine rings is 1. The van der Waals surface area contributed by atoms with E-state index in [2.05, 4.69) is 49.8 Å². The second-order valence-corrected chi connectivity index (χ2v) is 10.1. The number of amides is 1. The summed E-state index contributed by atoms with van der Waals surface area (Å²) >= 11 is 7.75. The van der Waals surface area contributed by atoms with Crippen molar-refractivity contribution in [1.82, 2.24) is 14.9 Å². The van der Waals surface area contributed by atoms with E-state index in [0.29, 0.717) is 0 Å². The summed E-state index contributed by atoms with van der Waals surface area (Å²) in [5.74, 6) is 1.30. The van der Waals surface area contributed by atoms with Crippen LogP contribution in [0.25, 0.3) is 10.2 Å². The minimum atomic E-state index is 0.0279. The lowest BCUT2D eigenvalue weighted by Crippen LogP contribution is -2.52. The molecule has 0 aliphatic carbocycles. The molecular weight excluding hydrogens is 442 g/mol. The molecule has 6 nitrogen and oxygen atoms in total. The molecule has 0 radical (unpaired) electrons. The van der Waals surface area contributed by atoms with Gasteiger partial charge in [-0.05, 0) is 49.6 Å². The Morgan fingerprint density at radius 1 is 1.09 bits per heavy atom. The number of anilines is 2. The SMILES string of the molecule is CCc1cc2c(N3CCCC(C(=O)N4CCN(c5ccc(Cl)cc5)CC4)C3)ncnc2s1. The number of rotatable bonds is 4. The number of hydrogen-bond donors (Lipinski definition) is 0. The average molecular weight is 470 g/mol. The van der Waals surface area contributed by atoms with E-state index in [1.807, 2.05) is 12.1 Å². The molecule has 2 fully saturated rings. The topological polar surface area (TPSA) is 52.6 Å². The number of aromatic nitrogens is 2. The van der Waals surface area contributed by atoms with Gasteiger partial charge >= 0.3 is 0 Å². The Kier molecular flexibility index (Phi) is 6.20. The molecule has 0 saturated carbocycles. The third-order valence-corrected chi connectivity index (χ3v) is 8.00. The summed E-state index contributed by atoms with van der Waals surface area (Å²) in [6.45, 7) is 7.08. The molecule has 0 N–H and O–H groups in total. The van der Waals surface area contributed by atoms with Gasteiger partial charge in [0, 0.05) is 54.9 Å². The van der Waals surface area contributed by atoms with E-state index in [-0.39, 0.29) is 11.8 Å². The molecule has 1 atom stereocenters. The molecule has 3 aromatic rings. The zero-order valence-corrected chi connectivity index (χ0v) is 19.9. The number of carbonyl (C=O) groups is 1. The van der Waals surface area contributed by atoms with Crippen molar-refractivity contribution >= 4 is 50.6 Å². The highest BCUT2D eigenvalue weighted by Gasteiger charge is 2.32. The van der Waals surface area contributed by atoms with Crippen molar-refractivity contribution < 1.29 is 4.79 Å². The fourth-order valence-corrected chi connectivity index (χ4v) is 5.84. The molecule has 2 aliphatic rings. The summed E-state index contributed by atoms with van der Waals surface area (Å²) < 4.78 is 0. The van der Waals surface area contributed by atoms with Crippen LogP contribution in [0.1, 0.15) is 24.6 Å². The highest BCUT2D eigenvalue weighted by molar-refractivity contribution is 7.18. The Bertz CT molecular complexity index is 1090. The highest BCUT2D eigenvalue weighted by atomic mass is 35.5. The van der Waals surface area contributed by atoms with Crippen LogP contribution in [-0.2, 0) is 11.2 Å². The molecule has 4 heterocycles. The van der Waals surface area contributed by atoms with E-state index in [9.17, 15) is 4.79 Å². The number of halogens is 1. The standard InChI is InChI=1S/C24H28ClN5OS/c1-2-20-14-21-22(26-16-27-23(21)32-20)30-9-3-4-17(15-30)24(31)29-12-10-28(11-13-29)19-7-5-18(25)6-8-19/h5-8,14,16-17H,2-4,9-13,15H2,1H3. The Labute approximate surface area is 197 Å². The van der Waals surface area contributed by atoms with Crippen LogP contribution < -0.4 is 9.80 Å². The first kappa shape index (κ1) is 21.5. The molecule has 1 amide bonds. The Balaban J connectivity index is 1.25. The van der Waals surface area contributed by atoms with Crippen LogP contribution in [0, 0.1) is 5.92 Å². The van der Waals surface area contributed by atoms with Crippen LogP contribution in [0.15, 0.2) is 36.7 Å². The van der Waals surface area contributed by atoms with E-state index < -0.39 is 0 Å². The molecule has 1 unspecified atom stereocenters. The number of hydrogen-bond acceptors (Lipinski definition) is 6. The quantitative estimate of drug-likeness (QED) is 0.564. The van der Waals surface area contributed by atoms with Gasteiger partial charge in [0.25, 0.3) is 0 Å². The van der Waals surface area contributed by atoms with Crippen LogP contribution in [0.4, 0.5) is 11.5 Å². The van der Waals surface area contributed by atoms with E-state index in [4.69, 9.17) is 11.6 Å². The number of nitrogens with zero attached hydrogens (tertiary/aromatic N) is 5. The number of carbonyl (C=O) groups excluding carboxylic acids is 1. The van der Waals surface area contributed by atoms with Crippen LogP contribution in [0.5, 0.6) is 0 Å². The maximum absolute atomic E-state index is 13.4. The van der Waals surface area contributed by atoms with Crippen LogP contribution in [0.3, 0.4) is 0 Å². The Morgan fingerprint density at radius 2 is 1.88 bits per heavy atom. The number of piperazine rings is 1. The maximum Gasteiger partial charge on any atom is 0.227 e. The second kappa shape index (κ2) is 9.24. The second-order valence-electron chi connectivity index (χ2n) is 8.56. The number of thiophene rings is 1. The van der Waals surface area contributed by atoms with Crippen molar-refractivity contribution in [2.45, 2.75) is 26.2 Å². The Morgan fingerprint density at radius 3 is 2.62 bits per heavy atom. The van der Waals surface area contributed by atoms with Crippen molar-refractivity contribution in [3.05, 3.63) is 46.6 Å². The number of fused-ring (bicyclic) bond motifs is 1. The van der Waals surface area contributed by atoms with Gasteiger partial charge < -0.3 is 14.7 Å². The summed E-state index contributed by atoms with van der Waals surface area (Å²) in [7, 11) is 0. The fraction of sp³-hybridized carbons (Fsp3) is 0.458. The average Bonchev–Trinajstić information content (AvgIpc) is 3.28. The van der Waals surface area contributed by atoms with Gasteiger partial charge in [-0.25, -0.2) is 9.97 Å². The molecule has 2 aromatic heterocycles. The first-order valence-corrected chi connectivity index (χ1v) is 12.6. The molecule has 32 heavy (non-hydrogen) atoms. The van der Waals surface area contributed by atoms with E-state index in [0.717, 1.165) is 79.6 Å². The smallest absolute Gasteiger partial charge is 0.227 e. The molecule has 0 bridgehead atoms. The van der Waals surface area contributed by atoms with Crippen molar-refractivity contribution in [3.63, 3.8) is 0 Å². The molecule has 5 rings (SSSR count). The number of benzene rings is 1. The molecule has 2 saturated heterocycles. The molecule has 8 heteroatoms. The third-order valence-electron chi connectivity index (χ3n) is 6.56. The molecule has 168 valence electrons. The highest BCUT2D eigenvalue weighted by Crippen LogP contribution is 2.33. The van der Waals surface area contributed by atoms with Gasteiger partial charge in [-0.2, -0.15) is 0 Å². The summed E-state index contributed by atoms with van der Waals surface area (Å²) in [6.07, 6.45) is 4.63. The lowest BCUT2D eigenvalue weighted by atomic mass is 9.96. The lowest BCUT2D eigenvalue weighted by Gasteiger charge is -2.40. The van der Waals surface area contributed by atoms with E-state index in [1.54, 1.807) is 17.7 Å². The summed E-state index contributed by atoms with van der Waals surface area (Å²) in [4.78, 5) is 31.5. The minimum Gasteiger partial charge on any atom is -0.368 e. The van der Waals surface area contributed by atoms with Crippen molar-refractivity contribution in [3.8, 4) is 0 Å². The summed E-state index contributed by atoms with van der Waals surface area (Å²) in [5, 5.41) is 1.87. The fourth-order valence-electron chi connectivity index (χ4n) is 4.79. The summed E-state index contributed by atoms with van der Waals surface area (Å²) in [6, 6.07) is 10.2. The predicted octanol–water partition coefficient (Wildman–Crippen LogP) is 4.47. The zero-order chi connectivity index (χ0) is 22.1. The lowest BCUT2D eigenvalue weighted by molar-refractivity contribution is -0.136. The van der Waals surface area contributed by atoms with Crippen molar-refractivity contribution in [2.75, 3.05) is 49.1 Å². The monoisotopic (exact) mass is 469 g/mol. The third kappa shape index (κ3) is 4.28. The van der Waals surface area contributed by atoms with Crippen LogP contribution >= 0.6 is 22.9 Å². The van der Waals surface area contributed by atoms with Gasteiger partial charge in [0.05, 0.1) is 11.3 Å². The van der Waals surface area contributed by atoms with Crippen molar-refractivity contribution in [1.29, 1.82) is 0 Å². The van der Waals surface area contributed by atoms with E-state index >= 15 is 0 Å². The van der Waals surface area contributed by atoms with Gasteiger partial charge in [-0.1, -0.05) is 18.5 Å². The van der Waals surface area contributed by atoms with Gasteiger partial charge in [0.15, 0.2) is 0 Å². The first-order chi connectivity index (χ1) is 15.6. The molecule has 0 spiro atoms. The van der Waals surface area contributed by atoms with Crippen LogP contribution in [-0.4, -0.2) is 60.0 Å².